The third-order valence-electron chi connectivity index (χ3n) is 7.35. The van der Waals surface area contributed by atoms with Crippen molar-refractivity contribution >= 4 is 87.0 Å². The molecule has 0 spiro atoms. The first-order valence-electron chi connectivity index (χ1n) is 15.5. The zero-order valence-corrected chi connectivity index (χ0v) is 30.7. The number of anilines is 1. The van der Waals surface area contributed by atoms with Gasteiger partial charge in [-0.2, -0.15) is 0 Å². The fourth-order valence-corrected chi connectivity index (χ4v) is 7.96. The van der Waals surface area contributed by atoms with E-state index in [1.165, 1.54) is 11.8 Å². The molecular weight excluding hydrogens is 722 g/mol. The standard InChI is InChI=1S/C34H34ClN5O7S3/c1-5-19-17-49-31-25(30(44)40(31)26(19)32(48)46-27(20-12-8-6-9-13-20)21-14-10-7-11-15-21)37-29(43)24(23-28(35)50-33(38-23)36-18-41)39-45-16-22(42)47-34(2,3)4/h6-15,18,25,27,31H,5,16-17H2,1-4H3,(H,37,43)(H,36,38,41)/t25?,31-/m1/s1. The SMILES string of the molecule is CCC1=C(C(=S)OC(c2ccccc2)c2ccccc2)N2C(=O)C(NC(=O)C(=NOCC(=O)OC(C)(C)C)c3nc(NC=O)sc3Cl)[C@H]2SC1. The van der Waals surface area contributed by atoms with Crippen LogP contribution >= 0.6 is 46.9 Å². The fraction of sp³-hybridized carbons (Fsp3) is 0.324. The molecule has 262 valence electrons. The van der Waals surface area contributed by atoms with Crippen LogP contribution in [0.3, 0.4) is 0 Å². The van der Waals surface area contributed by atoms with Crippen molar-refractivity contribution in [2.75, 3.05) is 17.7 Å². The maximum Gasteiger partial charge on any atom is 0.347 e. The van der Waals surface area contributed by atoms with Crippen molar-refractivity contribution in [3.8, 4) is 0 Å². The number of hydrogen-bond donors (Lipinski definition) is 2. The number of thiazole rings is 1. The number of nitrogens with one attached hydrogen (secondary N) is 2. The predicted octanol–water partition coefficient (Wildman–Crippen LogP) is 5.62. The summed E-state index contributed by atoms with van der Waals surface area (Å²) in [4.78, 5) is 61.7. The number of halogens is 1. The van der Waals surface area contributed by atoms with E-state index >= 15 is 0 Å². The third kappa shape index (κ3) is 8.52. The lowest BCUT2D eigenvalue weighted by Crippen LogP contribution is -2.71. The summed E-state index contributed by atoms with van der Waals surface area (Å²) in [5.41, 5.74) is 1.96. The molecule has 2 aromatic carbocycles. The number of rotatable bonds is 13. The maximum atomic E-state index is 13.8. The van der Waals surface area contributed by atoms with Gasteiger partial charge < -0.3 is 24.9 Å². The molecule has 0 aliphatic carbocycles. The first-order chi connectivity index (χ1) is 23.9. The van der Waals surface area contributed by atoms with Crippen LogP contribution in [0.25, 0.3) is 0 Å². The zero-order valence-electron chi connectivity index (χ0n) is 27.5. The molecule has 1 saturated heterocycles. The minimum Gasteiger partial charge on any atom is -0.469 e. The summed E-state index contributed by atoms with van der Waals surface area (Å²) in [7, 11) is 0. The van der Waals surface area contributed by atoms with Crippen LogP contribution in [-0.2, 0) is 33.5 Å². The largest absolute Gasteiger partial charge is 0.469 e. The van der Waals surface area contributed by atoms with Crippen LogP contribution in [0.1, 0.15) is 57.0 Å². The summed E-state index contributed by atoms with van der Waals surface area (Å²) >= 11 is 14.6. The van der Waals surface area contributed by atoms with Crippen molar-refractivity contribution < 1.29 is 33.5 Å². The summed E-state index contributed by atoms with van der Waals surface area (Å²) in [6, 6.07) is 18.4. The minimum atomic E-state index is -0.969. The number of carbonyl (C=O) groups is 4. The molecule has 50 heavy (non-hydrogen) atoms. The molecule has 2 aliphatic heterocycles. The Morgan fingerprint density at radius 1 is 1.14 bits per heavy atom. The Balaban J connectivity index is 1.36. The summed E-state index contributed by atoms with van der Waals surface area (Å²) in [5.74, 6) is -1.41. The molecule has 0 saturated carbocycles. The van der Waals surface area contributed by atoms with E-state index in [0.29, 0.717) is 24.3 Å². The Kier molecular flexibility index (Phi) is 11.9. The topological polar surface area (TPSA) is 149 Å². The van der Waals surface area contributed by atoms with Crippen LogP contribution in [0.15, 0.2) is 77.1 Å². The van der Waals surface area contributed by atoms with E-state index in [0.717, 1.165) is 28.0 Å². The van der Waals surface area contributed by atoms with Crippen molar-refractivity contribution in [1.82, 2.24) is 15.2 Å². The highest BCUT2D eigenvalue weighted by molar-refractivity contribution is 8.00. The monoisotopic (exact) mass is 755 g/mol. The maximum absolute atomic E-state index is 13.8. The second kappa shape index (κ2) is 16.1. The number of amides is 3. The van der Waals surface area contributed by atoms with Crippen LogP contribution in [0.4, 0.5) is 5.13 Å². The van der Waals surface area contributed by atoms with Crippen LogP contribution in [-0.4, -0.2) is 74.2 Å². The van der Waals surface area contributed by atoms with Crippen molar-refractivity contribution in [3.63, 3.8) is 0 Å². The molecule has 0 bridgehead atoms. The van der Waals surface area contributed by atoms with Gasteiger partial charge in [-0.05, 0) is 56.1 Å². The fourth-order valence-electron chi connectivity index (χ4n) is 5.17. The molecule has 0 radical (unpaired) electrons. The van der Waals surface area contributed by atoms with Crippen molar-refractivity contribution in [1.29, 1.82) is 0 Å². The number of hydrogen-bond acceptors (Lipinski definition) is 12. The zero-order chi connectivity index (χ0) is 36.0. The van der Waals surface area contributed by atoms with Gasteiger partial charge in [-0.25, -0.2) is 9.78 Å². The van der Waals surface area contributed by atoms with E-state index in [2.05, 4.69) is 20.8 Å². The smallest absolute Gasteiger partial charge is 0.347 e. The Morgan fingerprint density at radius 3 is 2.36 bits per heavy atom. The van der Waals surface area contributed by atoms with E-state index in [1.807, 2.05) is 67.6 Å². The molecule has 2 atom stereocenters. The molecule has 1 fully saturated rings. The first-order valence-corrected chi connectivity index (χ1v) is 18.1. The number of benzene rings is 2. The van der Waals surface area contributed by atoms with Crippen LogP contribution in [0, 0.1) is 0 Å². The lowest BCUT2D eigenvalue weighted by molar-refractivity contribution is -0.160. The van der Waals surface area contributed by atoms with E-state index in [1.54, 1.807) is 25.7 Å². The number of nitrogens with zero attached hydrogens (tertiary/aromatic N) is 3. The molecule has 2 aliphatic rings. The quantitative estimate of drug-likeness (QED) is 0.0562. The van der Waals surface area contributed by atoms with Crippen molar-refractivity contribution in [2.45, 2.75) is 57.2 Å². The van der Waals surface area contributed by atoms with Crippen LogP contribution in [0.2, 0.25) is 4.34 Å². The average Bonchev–Trinajstić information content (AvgIpc) is 3.46. The molecule has 2 N–H and O–H groups in total. The van der Waals surface area contributed by atoms with Gasteiger partial charge in [-0.3, -0.25) is 19.3 Å². The first kappa shape index (κ1) is 37.0. The van der Waals surface area contributed by atoms with Gasteiger partial charge in [-0.1, -0.05) is 95.7 Å². The second-order valence-electron chi connectivity index (χ2n) is 12.0. The molecule has 3 heterocycles. The predicted molar refractivity (Wildman–Crippen MR) is 196 cm³/mol. The lowest BCUT2D eigenvalue weighted by atomic mass is 10.00. The number of esters is 1. The molecule has 1 aromatic heterocycles. The lowest BCUT2D eigenvalue weighted by Gasteiger charge is -2.50. The molecule has 5 rings (SSSR count). The van der Waals surface area contributed by atoms with E-state index < -0.39 is 53.2 Å². The third-order valence-corrected chi connectivity index (χ3v) is 10.2. The van der Waals surface area contributed by atoms with Gasteiger partial charge in [-0.15, -0.1) is 11.8 Å². The van der Waals surface area contributed by atoms with Gasteiger partial charge in [0.15, 0.2) is 10.8 Å². The number of β-lactam (4-membered cyclic amide) rings is 1. The van der Waals surface area contributed by atoms with Gasteiger partial charge >= 0.3 is 5.97 Å². The van der Waals surface area contributed by atoms with E-state index in [4.69, 9.17) is 38.1 Å². The Morgan fingerprint density at radius 2 is 1.78 bits per heavy atom. The van der Waals surface area contributed by atoms with Gasteiger partial charge in [0.1, 0.15) is 33.2 Å². The van der Waals surface area contributed by atoms with E-state index in [-0.39, 0.29) is 20.2 Å². The summed E-state index contributed by atoms with van der Waals surface area (Å²) in [6.07, 6.45) is 0.519. The Labute approximate surface area is 307 Å². The van der Waals surface area contributed by atoms with Gasteiger partial charge in [0, 0.05) is 5.75 Å². The summed E-state index contributed by atoms with van der Waals surface area (Å²) in [5, 5.41) is 8.73. The number of thioether (sulfide) groups is 1. The Hall–Kier alpha value is -4.31. The number of carbonyl (C=O) groups excluding carboxylic acids is 4. The van der Waals surface area contributed by atoms with Gasteiger partial charge in [0.25, 0.3) is 11.8 Å². The highest BCUT2D eigenvalue weighted by Gasteiger charge is 2.54. The molecule has 16 heteroatoms. The van der Waals surface area contributed by atoms with Gasteiger partial charge in [0.05, 0.1) is 5.70 Å². The number of thiocarbonyl (C=S) groups is 1. The Bertz CT molecular complexity index is 1790. The molecule has 3 amide bonds. The summed E-state index contributed by atoms with van der Waals surface area (Å²) in [6.45, 7) is 6.46. The number of oxime groups is 1. The summed E-state index contributed by atoms with van der Waals surface area (Å²) < 4.78 is 11.7. The highest BCUT2D eigenvalue weighted by Crippen LogP contribution is 2.43. The molecular formula is C34H34ClN5O7S3. The number of fused-ring (bicyclic) bond motifs is 1. The number of ether oxygens (including phenoxy) is 2. The van der Waals surface area contributed by atoms with E-state index in [9.17, 15) is 19.2 Å². The van der Waals surface area contributed by atoms with Gasteiger partial charge in [0.2, 0.25) is 18.1 Å². The van der Waals surface area contributed by atoms with Crippen LogP contribution in [0.5, 0.6) is 0 Å². The highest BCUT2D eigenvalue weighted by atomic mass is 35.5. The number of aromatic nitrogens is 1. The van der Waals surface area contributed by atoms with Crippen molar-refractivity contribution in [2.24, 2.45) is 5.16 Å². The minimum absolute atomic E-state index is 0.0180. The van der Waals surface area contributed by atoms with Crippen LogP contribution < -0.4 is 10.6 Å². The van der Waals surface area contributed by atoms with Crippen molar-refractivity contribution in [3.05, 3.63) is 93.1 Å². The average molecular weight is 756 g/mol. The molecule has 12 nitrogen and oxygen atoms in total. The normalized spacial score (nSPS) is 17.4. The molecule has 3 aromatic rings. The molecule has 1 unspecified atom stereocenters. The second-order valence-corrected chi connectivity index (χ2v) is 15.1.